The van der Waals surface area contributed by atoms with Crippen molar-refractivity contribution in [3.8, 4) is 0 Å². The third kappa shape index (κ3) is 16.1. The van der Waals surface area contributed by atoms with Crippen molar-refractivity contribution in [3.63, 3.8) is 0 Å². The van der Waals surface area contributed by atoms with Crippen LogP contribution in [-0.2, 0) is 4.79 Å². The Bertz CT molecular complexity index is 188. The molecule has 0 heterocycles. The molecule has 0 atom stereocenters. The van der Waals surface area contributed by atoms with Crippen LogP contribution in [0.3, 0.4) is 0 Å². The van der Waals surface area contributed by atoms with Gasteiger partial charge < -0.3 is 5.11 Å². The zero-order valence-electron chi connectivity index (χ0n) is 15.3. The van der Waals surface area contributed by atoms with E-state index in [0.29, 0.717) is 0 Å². The van der Waals surface area contributed by atoms with E-state index in [1.54, 1.807) is 24.6 Å². The molecule has 1 N–H and O–H groups in total. The van der Waals surface area contributed by atoms with Crippen molar-refractivity contribution >= 4 is 13.2 Å². The fourth-order valence-electron chi connectivity index (χ4n) is 2.64. The Morgan fingerprint density at radius 1 is 0.714 bits per heavy atom. The number of hydrogen-bond donors (Lipinski definition) is 1. The molecule has 3 heteroatoms. The maximum atomic E-state index is 9.00. The van der Waals surface area contributed by atoms with Crippen LogP contribution >= 0.6 is 7.26 Å². The molecule has 0 aromatic heterocycles. The van der Waals surface area contributed by atoms with Gasteiger partial charge in [0.05, 0.1) is 0 Å². The number of aliphatic carboxylic acids is 1. The van der Waals surface area contributed by atoms with Crippen molar-refractivity contribution in [2.45, 2.75) is 86.0 Å². The Balaban J connectivity index is 0. The number of carbonyl (C=O) groups is 1. The highest BCUT2D eigenvalue weighted by atomic mass is 31.2. The summed E-state index contributed by atoms with van der Waals surface area (Å²) in [5, 5.41) is 7.42. The molecular weight excluding hydrogens is 279 g/mol. The van der Waals surface area contributed by atoms with Gasteiger partial charge in [0.15, 0.2) is 0 Å². The average molecular weight is 319 g/mol. The largest absolute Gasteiger partial charge is 0.481 e. The summed E-state index contributed by atoms with van der Waals surface area (Å²) in [6.07, 6.45) is 17.9. The molecule has 0 aromatic carbocycles. The predicted octanol–water partition coefficient (Wildman–Crippen LogP) is 6.30. The first kappa shape index (κ1) is 23.2. The van der Waals surface area contributed by atoms with Gasteiger partial charge in [-0.25, -0.2) is 0 Å². The van der Waals surface area contributed by atoms with Gasteiger partial charge in [-0.1, -0.05) is 53.4 Å². The number of carboxylic acid groups (broad SMARTS) is 1. The molecule has 0 aliphatic rings. The quantitative estimate of drug-likeness (QED) is 0.429. The zero-order valence-corrected chi connectivity index (χ0v) is 16.2. The summed E-state index contributed by atoms with van der Waals surface area (Å²) in [6.45, 7) is 10.5. The number of unbranched alkanes of at least 4 members (excludes halogenated alkanes) is 4. The maximum Gasteiger partial charge on any atom is 0.300 e. The molecule has 0 saturated heterocycles. The van der Waals surface area contributed by atoms with Gasteiger partial charge in [-0.15, -0.1) is 7.26 Å². The Hall–Kier alpha value is -0.100. The van der Waals surface area contributed by atoms with Crippen molar-refractivity contribution < 1.29 is 9.90 Å². The summed E-state index contributed by atoms with van der Waals surface area (Å²) in [6, 6.07) is 0. The second-order valence-corrected chi connectivity index (χ2v) is 10.6. The fourth-order valence-corrected chi connectivity index (χ4v) is 7.93. The Kier molecular flexibility index (Phi) is 18.0. The normalized spacial score (nSPS) is 10.9. The van der Waals surface area contributed by atoms with E-state index in [1.165, 1.54) is 51.4 Å². The van der Waals surface area contributed by atoms with Gasteiger partial charge >= 0.3 is 0 Å². The van der Waals surface area contributed by atoms with Crippen LogP contribution in [0.4, 0.5) is 0 Å². The minimum absolute atomic E-state index is 0.562. The lowest BCUT2D eigenvalue weighted by molar-refractivity contribution is -0.134. The first-order valence-electron chi connectivity index (χ1n) is 9.02. The first-order valence-corrected chi connectivity index (χ1v) is 11.6. The van der Waals surface area contributed by atoms with E-state index in [1.807, 2.05) is 0 Å². The fraction of sp³-hybridized carbons (Fsp3) is 0.944. The van der Waals surface area contributed by atoms with Gasteiger partial charge in [-0.05, 0) is 50.3 Å². The predicted molar refractivity (Wildman–Crippen MR) is 99.3 cm³/mol. The highest BCUT2D eigenvalue weighted by Gasteiger charge is 2.24. The molecular formula is C18H40O2P. The summed E-state index contributed by atoms with van der Waals surface area (Å²) < 4.78 is 0. The molecule has 0 aliphatic carbocycles. The van der Waals surface area contributed by atoms with E-state index in [9.17, 15) is 0 Å². The van der Waals surface area contributed by atoms with Crippen LogP contribution in [0.25, 0.3) is 0 Å². The Labute approximate surface area is 134 Å². The zero-order chi connectivity index (χ0) is 16.6. The maximum absolute atomic E-state index is 9.00. The van der Waals surface area contributed by atoms with Gasteiger partial charge in [0.25, 0.3) is 5.97 Å². The van der Waals surface area contributed by atoms with Crippen LogP contribution < -0.4 is 0 Å². The van der Waals surface area contributed by atoms with Gasteiger partial charge in [-0.2, -0.15) is 0 Å². The smallest absolute Gasteiger partial charge is 0.300 e. The van der Waals surface area contributed by atoms with Gasteiger partial charge in [-0.3, -0.25) is 4.79 Å². The molecule has 2 nitrogen and oxygen atoms in total. The van der Waals surface area contributed by atoms with Crippen LogP contribution in [0, 0.1) is 0 Å². The van der Waals surface area contributed by atoms with Crippen molar-refractivity contribution in [1.82, 2.24) is 0 Å². The molecule has 1 radical (unpaired) electrons. The standard InChI is InChI=1S/C16H36P.C2H4O2/c1-5-9-13-17(14-10-6-2,15-11-7-3)16-12-8-4;1-2(3)4/h5-16H2,1-4H3;1H3,(H,3,4). The number of hydrogen-bond acceptors (Lipinski definition) is 1. The SMILES string of the molecule is CC(=O)O.CCCC[P](CCCC)(CCCC)CCCC. The van der Waals surface area contributed by atoms with Crippen molar-refractivity contribution in [2.75, 3.05) is 24.6 Å². The average Bonchev–Trinajstić information content (AvgIpc) is 2.45. The third-order valence-electron chi connectivity index (χ3n) is 3.94. The molecule has 0 aliphatic heterocycles. The summed E-state index contributed by atoms with van der Waals surface area (Å²) in [5.41, 5.74) is 0. The lowest BCUT2D eigenvalue weighted by Gasteiger charge is -2.37. The van der Waals surface area contributed by atoms with E-state index in [0.717, 1.165) is 6.92 Å². The minimum atomic E-state index is -0.833. The van der Waals surface area contributed by atoms with E-state index < -0.39 is 13.2 Å². The molecule has 0 bridgehead atoms. The molecule has 0 saturated carbocycles. The molecule has 0 rings (SSSR count). The van der Waals surface area contributed by atoms with Crippen LogP contribution in [0.1, 0.15) is 86.0 Å². The molecule has 0 aromatic rings. The van der Waals surface area contributed by atoms with E-state index in [-0.39, 0.29) is 0 Å². The second kappa shape index (κ2) is 16.3. The van der Waals surface area contributed by atoms with E-state index in [4.69, 9.17) is 9.90 Å². The minimum Gasteiger partial charge on any atom is -0.481 e. The molecule has 0 spiro atoms. The second-order valence-electron chi connectivity index (χ2n) is 6.17. The van der Waals surface area contributed by atoms with Crippen molar-refractivity contribution in [3.05, 3.63) is 0 Å². The monoisotopic (exact) mass is 319 g/mol. The molecule has 21 heavy (non-hydrogen) atoms. The summed E-state index contributed by atoms with van der Waals surface area (Å²) in [4.78, 5) is 9.00. The van der Waals surface area contributed by atoms with Crippen LogP contribution in [0.5, 0.6) is 0 Å². The lowest BCUT2D eigenvalue weighted by atomic mass is 10.4. The van der Waals surface area contributed by atoms with Crippen molar-refractivity contribution in [1.29, 1.82) is 0 Å². The molecule has 0 unspecified atom stereocenters. The highest BCUT2D eigenvalue weighted by Crippen LogP contribution is 2.61. The van der Waals surface area contributed by atoms with Gasteiger partial charge in [0.1, 0.15) is 0 Å². The van der Waals surface area contributed by atoms with Crippen molar-refractivity contribution in [2.24, 2.45) is 0 Å². The van der Waals surface area contributed by atoms with Gasteiger partial charge in [0, 0.05) is 6.92 Å². The topological polar surface area (TPSA) is 37.3 Å². The molecule has 0 fully saturated rings. The van der Waals surface area contributed by atoms with Crippen LogP contribution in [0.2, 0.25) is 0 Å². The van der Waals surface area contributed by atoms with Crippen LogP contribution in [0.15, 0.2) is 0 Å². The summed E-state index contributed by atoms with van der Waals surface area (Å²) in [7, 11) is -0.562. The highest BCUT2D eigenvalue weighted by molar-refractivity contribution is 7.75. The third-order valence-corrected chi connectivity index (χ3v) is 9.00. The lowest BCUT2D eigenvalue weighted by Crippen LogP contribution is -2.12. The van der Waals surface area contributed by atoms with Crippen LogP contribution in [-0.4, -0.2) is 35.7 Å². The summed E-state index contributed by atoms with van der Waals surface area (Å²) in [5.74, 6) is -0.833. The Morgan fingerprint density at radius 3 is 1.05 bits per heavy atom. The first-order chi connectivity index (χ1) is 9.97. The number of carboxylic acids is 1. The van der Waals surface area contributed by atoms with Gasteiger partial charge in [0.2, 0.25) is 0 Å². The van der Waals surface area contributed by atoms with E-state index >= 15 is 0 Å². The number of rotatable bonds is 12. The van der Waals surface area contributed by atoms with E-state index in [2.05, 4.69) is 27.7 Å². The Morgan fingerprint density at radius 2 is 0.905 bits per heavy atom. The molecule has 129 valence electrons. The summed E-state index contributed by atoms with van der Waals surface area (Å²) >= 11 is 0. The molecule has 0 amide bonds.